The molecular weight excluding hydrogens is 600 g/mol. The summed E-state index contributed by atoms with van der Waals surface area (Å²) in [6.07, 6.45) is 0.471. The summed E-state index contributed by atoms with van der Waals surface area (Å²) in [6.45, 7) is 8.60. The quantitative estimate of drug-likeness (QED) is 0.345. The number of nitrogens with zero attached hydrogens (tertiary/aromatic N) is 3. The fourth-order valence-corrected chi connectivity index (χ4v) is 7.16. The largest absolute Gasteiger partial charge is 0.444 e. The average Bonchev–Trinajstić information content (AvgIpc) is 3.24. The molecule has 0 bridgehead atoms. The van der Waals surface area contributed by atoms with Gasteiger partial charge in [0.05, 0.1) is 22.0 Å². The number of hydrogen-bond donors (Lipinski definition) is 1. The number of piperidine rings is 1. The molecule has 2 fully saturated rings. The van der Waals surface area contributed by atoms with E-state index in [1.165, 1.54) is 21.3 Å². The highest BCUT2D eigenvalue weighted by Crippen LogP contribution is 2.33. The third-order valence-corrected chi connectivity index (χ3v) is 9.56. The smallest absolute Gasteiger partial charge is 0.413 e. The van der Waals surface area contributed by atoms with Crippen LogP contribution >= 0.6 is 11.6 Å². The van der Waals surface area contributed by atoms with Gasteiger partial charge in [-0.05, 0) is 83.7 Å². The van der Waals surface area contributed by atoms with E-state index in [-0.39, 0.29) is 36.7 Å². The van der Waals surface area contributed by atoms with Crippen molar-refractivity contribution in [2.24, 2.45) is 0 Å². The van der Waals surface area contributed by atoms with Crippen LogP contribution < -0.4 is 5.32 Å². The number of carbonyl (C=O) groups is 2. The number of non-ortho nitro benzene ring substituents is 1. The maximum Gasteiger partial charge on any atom is 0.413 e. The van der Waals surface area contributed by atoms with Gasteiger partial charge >= 0.3 is 6.09 Å². The van der Waals surface area contributed by atoms with E-state index in [1.54, 1.807) is 46.8 Å². The van der Waals surface area contributed by atoms with Crippen LogP contribution in [0.1, 0.15) is 53.0 Å². The van der Waals surface area contributed by atoms with Gasteiger partial charge in [0, 0.05) is 30.2 Å². The minimum Gasteiger partial charge on any atom is -0.444 e. The van der Waals surface area contributed by atoms with E-state index in [1.807, 2.05) is 12.1 Å². The van der Waals surface area contributed by atoms with Gasteiger partial charge < -0.3 is 14.8 Å². The van der Waals surface area contributed by atoms with Gasteiger partial charge in [0.15, 0.2) is 0 Å². The Morgan fingerprint density at radius 2 is 1.77 bits per heavy atom. The van der Waals surface area contributed by atoms with Crippen LogP contribution in [0.25, 0.3) is 0 Å². The topological polar surface area (TPSA) is 148 Å². The lowest BCUT2D eigenvalue weighted by Crippen LogP contribution is -2.64. The maximum atomic E-state index is 14.0. The Morgan fingerprint density at radius 3 is 2.35 bits per heavy atom. The van der Waals surface area contributed by atoms with Crippen LogP contribution in [0.3, 0.4) is 0 Å². The summed E-state index contributed by atoms with van der Waals surface area (Å²) in [5, 5.41) is 14.7. The van der Waals surface area contributed by atoms with Crippen molar-refractivity contribution >= 4 is 39.3 Å². The number of sulfonamides is 1. The fraction of sp³-hybridized carbons (Fsp3) is 0.517. The summed E-state index contributed by atoms with van der Waals surface area (Å²) < 4.78 is 40.1. The van der Waals surface area contributed by atoms with Crippen molar-refractivity contribution in [2.45, 2.75) is 81.7 Å². The summed E-state index contributed by atoms with van der Waals surface area (Å²) in [5.41, 5.74) is -2.37. The molecule has 43 heavy (non-hydrogen) atoms. The lowest BCUT2D eigenvalue weighted by molar-refractivity contribution is -0.384. The molecule has 2 aliphatic rings. The van der Waals surface area contributed by atoms with Crippen molar-refractivity contribution in [1.29, 1.82) is 0 Å². The molecule has 14 heteroatoms. The number of nitrogens with one attached hydrogen (secondary N) is 1. The molecule has 234 valence electrons. The molecule has 12 nitrogen and oxygen atoms in total. The summed E-state index contributed by atoms with van der Waals surface area (Å²) in [6, 6.07) is 10.8. The molecule has 0 aliphatic carbocycles. The van der Waals surface area contributed by atoms with E-state index in [2.05, 4.69) is 5.32 Å². The Labute approximate surface area is 256 Å². The molecule has 0 radical (unpaired) electrons. The van der Waals surface area contributed by atoms with Crippen LogP contribution in [-0.2, 0) is 30.7 Å². The molecular formula is C29H37ClN4O8S. The zero-order valence-electron chi connectivity index (χ0n) is 24.8. The second-order valence-electron chi connectivity index (χ2n) is 12.4. The highest BCUT2D eigenvalue weighted by molar-refractivity contribution is 7.89. The molecule has 1 N–H and O–H groups in total. The van der Waals surface area contributed by atoms with Gasteiger partial charge in [-0.3, -0.25) is 19.8 Å². The predicted molar refractivity (Wildman–Crippen MR) is 159 cm³/mol. The van der Waals surface area contributed by atoms with Gasteiger partial charge in [-0.2, -0.15) is 4.31 Å². The van der Waals surface area contributed by atoms with E-state index in [9.17, 15) is 28.1 Å². The van der Waals surface area contributed by atoms with Gasteiger partial charge in [0.1, 0.15) is 17.4 Å². The number of nitro benzene ring substituents is 1. The van der Waals surface area contributed by atoms with Crippen molar-refractivity contribution in [2.75, 3.05) is 19.7 Å². The van der Waals surface area contributed by atoms with Crippen molar-refractivity contribution < 1.29 is 32.4 Å². The highest BCUT2D eigenvalue weighted by Gasteiger charge is 2.51. The summed E-state index contributed by atoms with van der Waals surface area (Å²) in [5.74, 6) is -0.500. The SMILES string of the molecule is CC(C)(C)OC(=O)N1C(C(=O)N[C@@]2(Cc3ccc(Cl)cc3)CCCN(S(=O)(=O)c3ccc([N+](=O)[O-])cc3)C2)COC1(C)C. The third kappa shape index (κ3) is 7.46. The normalized spacial score (nSPS) is 22.7. The van der Waals surface area contributed by atoms with Crippen LogP contribution in [0.4, 0.5) is 10.5 Å². The lowest BCUT2D eigenvalue weighted by atomic mass is 9.83. The second-order valence-corrected chi connectivity index (χ2v) is 14.8. The standard InChI is InChI=1S/C29H37ClN4O8S/c1-27(2,3)42-26(36)33-24(18-41-28(33,4)5)25(35)31-29(17-20-7-9-21(30)10-8-20)15-6-16-32(19-29)43(39,40)23-13-11-22(12-14-23)34(37)38/h7-14,24H,6,15-19H2,1-5H3,(H,31,35)/t24?,29-/m1/s1. The molecule has 2 aliphatic heterocycles. The zero-order chi connectivity index (χ0) is 31.8. The Bertz CT molecular complexity index is 1480. The van der Waals surface area contributed by atoms with Crippen molar-refractivity contribution in [3.05, 3.63) is 69.2 Å². The second kappa shape index (κ2) is 12.0. The summed E-state index contributed by atoms with van der Waals surface area (Å²) in [7, 11) is -4.06. The molecule has 2 aromatic rings. The number of hydrogen-bond acceptors (Lipinski definition) is 8. The first-order chi connectivity index (χ1) is 19.9. The van der Waals surface area contributed by atoms with E-state index >= 15 is 0 Å². The average molecular weight is 637 g/mol. The van der Waals surface area contributed by atoms with Crippen LogP contribution in [0.5, 0.6) is 0 Å². The van der Waals surface area contributed by atoms with E-state index in [4.69, 9.17) is 21.1 Å². The Kier molecular flexibility index (Phi) is 9.13. The van der Waals surface area contributed by atoms with Crippen LogP contribution in [0, 0.1) is 10.1 Å². The predicted octanol–water partition coefficient (Wildman–Crippen LogP) is 4.50. The number of ether oxygens (including phenoxy) is 2. The maximum absolute atomic E-state index is 14.0. The number of carbonyl (C=O) groups excluding carboxylic acids is 2. The number of rotatable bonds is 7. The van der Waals surface area contributed by atoms with Gasteiger partial charge in [0.2, 0.25) is 15.9 Å². The first-order valence-corrected chi connectivity index (χ1v) is 15.7. The van der Waals surface area contributed by atoms with Gasteiger partial charge in [-0.25, -0.2) is 13.2 Å². The molecule has 2 amide bonds. The lowest BCUT2D eigenvalue weighted by Gasteiger charge is -2.44. The monoisotopic (exact) mass is 636 g/mol. The summed E-state index contributed by atoms with van der Waals surface area (Å²) >= 11 is 6.10. The first-order valence-electron chi connectivity index (χ1n) is 13.9. The summed E-state index contributed by atoms with van der Waals surface area (Å²) in [4.78, 5) is 38.8. The highest BCUT2D eigenvalue weighted by atomic mass is 35.5. The van der Waals surface area contributed by atoms with Crippen LogP contribution in [0.2, 0.25) is 5.02 Å². The van der Waals surface area contributed by atoms with Crippen molar-refractivity contribution in [3.8, 4) is 0 Å². The first kappa shape index (κ1) is 32.6. The molecule has 2 heterocycles. The molecule has 2 atom stereocenters. The van der Waals surface area contributed by atoms with E-state index < -0.39 is 49.9 Å². The fourth-order valence-electron chi connectivity index (χ4n) is 5.47. The zero-order valence-corrected chi connectivity index (χ0v) is 26.4. The number of nitro groups is 1. The molecule has 1 unspecified atom stereocenters. The van der Waals surface area contributed by atoms with Crippen molar-refractivity contribution in [3.63, 3.8) is 0 Å². The number of halogens is 1. The molecule has 0 spiro atoms. The molecule has 4 rings (SSSR count). The minimum atomic E-state index is -4.06. The molecule has 0 aromatic heterocycles. The van der Waals surface area contributed by atoms with Crippen LogP contribution in [0.15, 0.2) is 53.4 Å². The van der Waals surface area contributed by atoms with E-state index in [0.717, 1.165) is 17.7 Å². The Hall–Kier alpha value is -3.26. The van der Waals surface area contributed by atoms with Gasteiger partial charge in [-0.1, -0.05) is 23.7 Å². The van der Waals surface area contributed by atoms with E-state index in [0.29, 0.717) is 17.9 Å². The Morgan fingerprint density at radius 1 is 1.14 bits per heavy atom. The van der Waals surface area contributed by atoms with Gasteiger partial charge in [0.25, 0.3) is 5.69 Å². The van der Waals surface area contributed by atoms with Crippen LogP contribution in [-0.4, -0.2) is 77.1 Å². The Balaban J connectivity index is 1.66. The molecule has 2 saturated heterocycles. The number of amides is 2. The molecule has 0 saturated carbocycles. The minimum absolute atomic E-state index is 0.0654. The van der Waals surface area contributed by atoms with Gasteiger partial charge in [-0.15, -0.1) is 0 Å². The third-order valence-electron chi connectivity index (χ3n) is 7.45. The number of benzene rings is 2. The van der Waals surface area contributed by atoms with Crippen molar-refractivity contribution in [1.82, 2.24) is 14.5 Å². The molecule has 2 aromatic carbocycles.